The van der Waals surface area contributed by atoms with Crippen LogP contribution < -0.4 is 9.64 Å². The number of nitro groups is 1. The van der Waals surface area contributed by atoms with Gasteiger partial charge in [0.25, 0.3) is 0 Å². The van der Waals surface area contributed by atoms with Crippen LogP contribution in [0.2, 0.25) is 0 Å². The third-order valence-corrected chi connectivity index (χ3v) is 8.56. The Morgan fingerprint density at radius 2 is 1.66 bits per heavy atom. The highest BCUT2D eigenvalue weighted by molar-refractivity contribution is 7.19. The van der Waals surface area contributed by atoms with E-state index in [1.807, 2.05) is 31.3 Å². The fourth-order valence-corrected chi connectivity index (χ4v) is 5.87. The number of carbonyl (C=O) groups is 1. The van der Waals surface area contributed by atoms with Gasteiger partial charge < -0.3 is 9.64 Å². The van der Waals surface area contributed by atoms with Crippen LogP contribution in [0, 0.1) is 10.1 Å². The van der Waals surface area contributed by atoms with Gasteiger partial charge in [0.15, 0.2) is 10.9 Å². The molecule has 2 aromatic heterocycles. The highest BCUT2D eigenvalue weighted by Crippen LogP contribution is 2.41. The molecule has 4 rings (SSSR count). The molecule has 0 spiro atoms. The van der Waals surface area contributed by atoms with E-state index in [4.69, 9.17) is 9.72 Å². The molecule has 9 heteroatoms. The number of benzene rings is 2. The molecule has 0 N–H and O–H groups in total. The van der Waals surface area contributed by atoms with Crippen molar-refractivity contribution in [3.8, 4) is 27.4 Å². The lowest BCUT2D eigenvalue weighted by Gasteiger charge is -2.19. The quantitative estimate of drug-likeness (QED) is 0.114. The SMILES string of the molecule is COc1ccc(-c2sc(N(C)CCCC(=O)c3ccc([N+](=O)[O-])s3)nc2-c2ccc(C(C)(C)C)cc2)cc1. The van der Waals surface area contributed by atoms with Gasteiger partial charge in [-0.05, 0) is 53.3 Å². The first-order valence-corrected chi connectivity index (χ1v) is 13.9. The van der Waals surface area contributed by atoms with Crippen molar-refractivity contribution in [1.29, 1.82) is 0 Å². The predicted octanol–water partition coefficient (Wildman–Crippen LogP) is 7.85. The number of hydrogen-bond donors (Lipinski definition) is 0. The molecule has 38 heavy (non-hydrogen) atoms. The van der Waals surface area contributed by atoms with Gasteiger partial charge in [0.2, 0.25) is 0 Å². The van der Waals surface area contributed by atoms with E-state index in [-0.39, 0.29) is 16.2 Å². The third kappa shape index (κ3) is 6.28. The summed E-state index contributed by atoms with van der Waals surface area (Å²) in [4.78, 5) is 31.6. The second-order valence-electron chi connectivity index (χ2n) is 10.1. The van der Waals surface area contributed by atoms with Crippen molar-refractivity contribution in [3.63, 3.8) is 0 Å². The fourth-order valence-electron chi connectivity index (χ4n) is 4.01. The molecule has 198 valence electrons. The summed E-state index contributed by atoms with van der Waals surface area (Å²) in [5, 5.41) is 11.8. The molecule has 4 aromatic rings. The number of anilines is 1. The summed E-state index contributed by atoms with van der Waals surface area (Å²) in [5.41, 5.74) is 4.36. The van der Waals surface area contributed by atoms with Crippen molar-refractivity contribution in [3.05, 3.63) is 81.2 Å². The summed E-state index contributed by atoms with van der Waals surface area (Å²) < 4.78 is 5.34. The van der Waals surface area contributed by atoms with Gasteiger partial charge in [-0.2, -0.15) is 0 Å². The summed E-state index contributed by atoms with van der Waals surface area (Å²) in [5.74, 6) is 0.724. The molecule has 2 aromatic carbocycles. The summed E-state index contributed by atoms with van der Waals surface area (Å²) >= 11 is 2.54. The number of nitrogens with zero attached hydrogens (tertiary/aromatic N) is 3. The van der Waals surface area contributed by atoms with Gasteiger partial charge in [0.05, 0.1) is 27.5 Å². The number of aromatic nitrogens is 1. The number of thiophene rings is 1. The minimum atomic E-state index is -0.466. The predicted molar refractivity (Wildman–Crippen MR) is 156 cm³/mol. The monoisotopic (exact) mass is 549 g/mol. The van der Waals surface area contributed by atoms with Crippen LogP contribution in [-0.2, 0) is 5.41 Å². The van der Waals surface area contributed by atoms with Crippen LogP contribution in [0.4, 0.5) is 10.1 Å². The van der Waals surface area contributed by atoms with Crippen LogP contribution >= 0.6 is 22.7 Å². The standard InChI is InChI=1S/C29H31N3O4S2/c1-29(2,3)21-12-8-19(9-13-21)26-27(20-10-14-22(36-5)15-11-20)38-28(30-26)31(4)18-6-7-23(33)24-16-17-25(37-24)32(34)35/h8-17H,6-7,18H2,1-5H3. The largest absolute Gasteiger partial charge is 0.497 e. The summed E-state index contributed by atoms with van der Waals surface area (Å²) in [6.07, 6.45) is 0.938. The Bertz CT molecular complexity index is 1420. The number of thiazole rings is 1. The highest BCUT2D eigenvalue weighted by Gasteiger charge is 2.20. The van der Waals surface area contributed by atoms with E-state index in [0.29, 0.717) is 24.3 Å². The average molecular weight is 550 g/mol. The Morgan fingerprint density at radius 3 is 2.24 bits per heavy atom. The Balaban J connectivity index is 1.54. The van der Waals surface area contributed by atoms with Crippen LogP contribution in [-0.4, -0.2) is 36.4 Å². The Morgan fingerprint density at radius 1 is 1.00 bits per heavy atom. The van der Waals surface area contributed by atoms with Gasteiger partial charge in [0.1, 0.15) is 5.75 Å². The van der Waals surface area contributed by atoms with E-state index in [2.05, 4.69) is 49.9 Å². The lowest BCUT2D eigenvalue weighted by atomic mass is 9.86. The maximum absolute atomic E-state index is 12.5. The molecule has 2 heterocycles. The van der Waals surface area contributed by atoms with Gasteiger partial charge >= 0.3 is 5.00 Å². The minimum absolute atomic E-state index is 0.0117. The molecule has 0 unspecified atom stereocenters. The first-order valence-electron chi connectivity index (χ1n) is 12.3. The maximum Gasteiger partial charge on any atom is 0.324 e. The Labute approximate surface area is 230 Å². The van der Waals surface area contributed by atoms with Crippen molar-refractivity contribution in [2.45, 2.75) is 39.0 Å². The van der Waals surface area contributed by atoms with Crippen molar-refractivity contribution in [2.24, 2.45) is 0 Å². The van der Waals surface area contributed by atoms with E-state index in [1.54, 1.807) is 18.4 Å². The molecule has 0 saturated carbocycles. The molecular formula is C29H31N3O4S2. The number of ketones is 1. The van der Waals surface area contributed by atoms with Crippen LogP contribution in [0.5, 0.6) is 5.75 Å². The van der Waals surface area contributed by atoms with E-state index in [0.717, 1.165) is 43.9 Å². The number of carbonyl (C=O) groups excluding carboxylic acids is 1. The summed E-state index contributed by atoms with van der Waals surface area (Å²) in [6.45, 7) is 7.23. The van der Waals surface area contributed by atoms with Gasteiger partial charge in [-0.1, -0.05) is 67.7 Å². The van der Waals surface area contributed by atoms with Crippen LogP contribution in [0.15, 0.2) is 60.7 Å². The number of Topliss-reactive ketones (excluding diaryl/α,β-unsaturated/α-hetero) is 1. The molecule has 0 saturated heterocycles. The Kier molecular flexibility index (Phi) is 8.28. The first kappa shape index (κ1) is 27.5. The number of hydrogen-bond acceptors (Lipinski definition) is 8. The molecule has 0 bridgehead atoms. The van der Waals surface area contributed by atoms with Gasteiger partial charge in [-0.3, -0.25) is 14.9 Å². The first-order chi connectivity index (χ1) is 18.1. The number of methoxy groups -OCH3 is 1. The van der Waals surface area contributed by atoms with Crippen molar-refractivity contribution < 1.29 is 14.5 Å². The molecule has 0 amide bonds. The molecule has 0 fully saturated rings. The highest BCUT2D eigenvalue weighted by atomic mass is 32.1. The molecule has 0 aliphatic rings. The van der Waals surface area contributed by atoms with E-state index in [1.165, 1.54) is 17.7 Å². The number of ether oxygens (including phenoxy) is 1. The molecule has 7 nitrogen and oxygen atoms in total. The van der Waals surface area contributed by atoms with Crippen LogP contribution in [0.25, 0.3) is 21.7 Å². The smallest absolute Gasteiger partial charge is 0.324 e. The van der Waals surface area contributed by atoms with E-state index < -0.39 is 4.92 Å². The molecule has 0 atom stereocenters. The minimum Gasteiger partial charge on any atom is -0.497 e. The average Bonchev–Trinajstić information content (AvgIpc) is 3.57. The third-order valence-electron chi connectivity index (χ3n) is 6.26. The van der Waals surface area contributed by atoms with Crippen molar-refractivity contribution >= 4 is 38.6 Å². The zero-order valence-electron chi connectivity index (χ0n) is 22.2. The van der Waals surface area contributed by atoms with Gasteiger partial charge in [-0.25, -0.2) is 4.98 Å². The van der Waals surface area contributed by atoms with E-state index in [9.17, 15) is 14.9 Å². The Hall–Kier alpha value is -3.56. The van der Waals surface area contributed by atoms with E-state index >= 15 is 0 Å². The van der Waals surface area contributed by atoms with Gasteiger partial charge in [-0.15, -0.1) is 0 Å². The summed E-state index contributed by atoms with van der Waals surface area (Å²) in [6, 6.07) is 19.5. The second kappa shape index (κ2) is 11.4. The summed E-state index contributed by atoms with van der Waals surface area (Å²) in [7, 11) is 3.63. The van der Waals surface area contributed by atoms with Crippen molar-refractivity contribution in [1.82, 2.24) is 4.98 Å². The molecule has 0 radical (unpaired) electrons. The lowest BCUT2D eigenvalue weighted by molar-refractivity contribution is -0.380. The van der Waals surface area contributed by atoms with Crippen LogP contribution in [0.1, 0.15) is 48.8 Å². The fraction of sp³-hybridized carbons (Fsp3) is 0.310. The van der Waals surface area contributed by atoms with Crippen molar-refractivity contribution in [2.75, 3.05) is 25.6 Å². The topological polar surface area (TPSA) is 85.6 Å². The molecular weight excluding hydrogens is 518 g/mol. The lowest BCUT2D eigenvalue weighted by Crippen LogP contribution is -2.19. The van der Waals surface area contributed by atoms with Crippen LogP contribution in [0.3, 0.4) is 0 Å². The van der Waals surface area contributed by atoms with Gasteiger partial charge in [0, 0.05) is 31.6 Å². The molecule has 0 aliphatic heterocycles. The molecule has 0 aliphatic carbocycles. The maximum atomic E-state index is 12.5. The number of rotatable bonds is 10. The zero-order chi connectivity index (χ0) is 27.4. The zero-order valence-corrected chi connectivity index (χ0v) is 23.8. The normalized spacial score (nSPS) is 11.4. The second-order valence-corrected chi connectivity index (χ2v) is 12.1.